The highest BCUT2D eigenvalue weighted by atomic mass is 32.1. The molecule has 11 rings (SSSR count). The maximum absolute atomic E-state index is 5.27. The zero-order chi connectivity index (χ0) is 37.0. The van der Waals surface area contributed by atoms with Crippen LogP contribution in [0.1, 0.15) is 0 Å². The third-order valence-corrected chi connectivity index (χ3v) is 11.7. The Kier molecular flexibility index (Phi) is 7.64. The SMILES string of the molecule is c1ccc(-c2cccc(-c3nc(-c4ccccc4)nc(-c4cc(-c5ccccc5)cc(-n5c6ccccc6c6ccc7sc8ccccc8c7c65)c4)n3)c2)cc1. The molecule has 56 heavy (non-hydrogen) atoms. The molecule has 0 aliphatic heterocycles. The van der Waals surface area contributed by atoms with Crippen LogP contribution < -0.4 is 0 Å². The second kappa shape index (κ2) is 13.3. The van der Waals surface area contributed by atoms with E-state index in [9.17, 15) is 0 Å². The van der Waals surface area contributed by atoms with Crippen LogP contribution in [-0.4, -0.2) is 19.5 Å². The second-order valence-electron chi connectivity index (χ2n) is 14.0. The van der Waals surface area contributed by atoms with E-state index in [1.54, 1.807) is 0 Å². The molecule has 0 unspecified atom stereocenters. The lowest BCUT2D eigenvalue weighted by atomic mass is 10.0. The first-order valence-corrected chi connectivity index (χ1v) is 19.6. The summed E-state index contributed by atoms with van der Waals surface area (Å²) in [6.07, 6.45) is 0. The molecule has 0 aliphatic rings. The molecule has 3 heterocycles. The lowest BCUT2D eigenvalue weighted by Gasteiger charge is -2.15. The minimum atomic E-state index is 0.616. The Hall–Kier alpha value is -7.21. The van der Waals surface area contributed by atoms with Crippen molar-refractivity contribution < 1.29 is 0 Å². The van der Waals surface area contributed by atoms with E-state index < -0.39 is 0 Å². The van der Waals surface area contributed by atoms with E-state index in [-0.39, 0.29) is 0 Å². The van der Waals surface area contributed by atoms with E-state index in [0.29, 0.717) is 17.5 Å². The third-order valence-electron chi connectivity index (χ3n) is 10.6. The monoisotopic (exact) mass is 732 g/mol. The van der Waals surface area contributed by atoms with E-state index in [1.165, 1.54) is 36.5 Å². The van der Waals surface area contributed by atoms with Crippen LogP contribution in [0, 0.1) is 0 Å². The van der Waals surface area contributed by atoms with Crippen LogP contribution in [0.25, 0.3) is 104 Å². The van der Waals surface area contributed by atoms with Crippen molar-refractivity contribution in [3.8, 4) is 62.1 Å². The first kappa shape index (κ1) is 32.2. The fraction of sp³-hybridized carbons (Fsp3) is 0. The van der Waals surface area contributed by atoms with Gasteiger partial charge in [0.1, 0.15) is 0 Å². The number of hydrogen-bond donors (Lipinski definition) is 0. The summed E-state index contributed by atoms with van der Waals surface area (Å²) in [7, 11) is 0. The highest BCUT2D eigenvalue weighted by Crippen LogP contribution is 2.44. The van der Waals surface area contributed by atoms with Crippen LogP contribution in [-0.2, 0) is 0 Å². The van der Waals surface area contributed by atoms with Gasteiger partial charge >= 0.3 is 0 Å². The molecule has 262 valence electrons. The topological polar surface area (TPSA) is 43.6 Å². The number of nitrogens with zero attached hydrogens (tertiary/aromatic N) is 4. The summed E-state index contributed by atoms with van der Waals surface area (Å²) in [6, 6.07) is 68.5. The summed E-state index contributed by atoms with van der Waals surface area (Å²) in [5.74, 6) is 1.87. The van der Waals surface area contributed by atoms with Crippen molar-refractivity contribution in [3.63, 3.8) is 0 Å². The summed E-state index contributed by atoms with van der Waals surface area (Å²) >= 11 is 1.85. The molecule has 0 fully saturated rings. The lowest BCUT2D eigenvalue weighted by Crippen LogP contribution is -2.02. The van der Waals surface area contributed by atoms with Gasteiger partial charge in [-0.2, -0.15) is 0 Å². The quantitative estimate of drug-likeness (QED) is 0.171. The van der Waals surface area contributed by atoms with Crippen LogP contribution in [0.2, 0.25) is 0 Å². The summed E-state index contributed by atoms with van der Waals surface area (Å²) in [6.45, 7) is 0. The van der Waals surface area contributed by atoms with E-state index in [1.807, 2.05) is 35.6 Å². The Morgan fingerprint density at radius 2 is 0.875 bits per heavy atom. The standard InChI is InChI=1S/C51H32N4S/c1-4-15-33(16-5-1)36-21-14-22-37(29-36)50-52-49(35-19-8-3-9-20-35)53-51(54-50)39-30-38(34-17-6-2-7-18-34)31-40(32-39)55-44-25-12-10-23-41(44)42-27-28-46-47(48(42)55)43-24-11-13-26-45(43)56-46/h1-32H. The second-order valence-corrected chi connectivity index (χ2v) is 15.1. The van der Waals surface area contributed by atoms with Crippen molar-refractivity contribution in [3.05, 3.63) is 194 Å². The normalized spacial score (nSPS) is 11.6. The number of hydrogen-bond acceptors (Lipinski definition) is 4. The predicted octanol–water partition coefficient (Wildman–Crippen LogP) is 13.7. The van der Waals surface area contributed by atoms with Crippen molar-refractivity contribution in [1.29, 1.82) is 0 Å². The van der Waals surface area contributed by atoms with Crippen molar-refractivity contribution in [2.45, 2.75) is 0 Å². The molecular weight excluding hydrogens is 701 g/mol. The Morgan fingerprint density at radius 3 is 1.62 bits per heavy atom. The van der Waals surface area contributed by atoms with Crippen LogP contribution in [0.4, 0.5) is 0 Å². The molecule has 11 aromatic rings. The lowest BCUT2D eigenvalue weighted by molar-refractivity contribution is 1.07. The van der Waals surface area contributed by atoms with E-state index in [0.717, 1.165) is 50.1 Å². The molecule has 0 atom stereocenters. The summed E-state index contributed by atoms with van der Waals surface area (Å²) in [4.78, 5) is 15.6. The van der Waals surface area contributed by atoms with E-state index >= 15 is 0 Å². The van der Waals surface area contributed by atoms with Gasteiger partial charge in [-0.3, -0.25) is 0 Å². The largest absolute Gasteiger partial charge is 0.309 e. The number of rotatable bonds is 6. The number of para-hydroxylation sites is 1. The van der Waals surface area contributed by atoms with Gasteiger partial charge in [-0.15, -0.1) is 11.3 Å². The molecule has 0 bridgehead atoms. The zero-order valence-corrected chi connectivity index (χ0v) is 31.0. The molecule has 5 heteroatoms. The molecule has 4 nitrogen and oxygen atoms in total. The molecule has 0 spiro atoms. The van der Waals surface area contributed by atoms with Crippen molar-refractivity contribution >= 4 is 53.3 Å². The average Bonchev–Trinajstić information content (AvgIpc) is 3.83. The van der Waals surface area contributed by atoms with Crippen molar-refractivity contribution in [1.82, 2.24) is 19.5 Å². The number of aromatic nitrogens is 4. The molecular formula is C51H32N4S. The zero-order valence-electron chi connectivity index (χ0n) is 30.2. The van der Waals surface area contributed by atoms with Gasteiger partial charge in [0.25, 0.3) is 0 Å². The van der Waals surface area contributed by atoms with Crippen molar-refractivity contribution in [2.24, 2.45) is 0 Å². The molecule has 0 saturated heterocycles. The first-order valence-electron chi connectivity index (χ1n) is 18.8. The van der Waals surface area contributed by atoms with Crippen LogP contribution in [0.15, 0.2) is 194 Å². The number of thiophene rings is 1. The fourth-order valence-corrected chi connectivity index (χ4v) is 9.13. The van der Waals surface area contributed by atoms with Gasteiger partial charge in [0, 0.05) is 53.3 Å². The Morgan fingerprint density at radius 1 is 0.339 bits per heavy atom. The molecule has 8 aromatic carbocycles. The molecule has 3 aromatic heterocycles. The van der Waals surface area contributed by atoms with Crippen molar-refractivity contribution in [2.75, 3.05) is 0 Å². The van der Waals surface area contributed by atoms with Gasteiger partial charge in [-0.1, -0.05) is 152 Å². The minimum Gasteiger partial charge on any atom is -0.309 e. The summed E-state index contributed by atoms with van der Waals surface area (Å²) in [5.41, 5.74) is 10.6. The average molecular weight is 733 g/mol. The summed E-state index contributed by atoms with van der Waals surface area (Å²) in [5, 5.41) is 5.00. The van der Waals surface area contributed by atoms with Gasteiger partial charge in [-0.25, -0.2) is 15.0 Å². The maximum Gasteiger partial charge on any atom is 0.164 e. The van der Waals surface area contributed by atoms with Gasteiger partial charge in [-0.05, 0) is 64.7 Å². The number of fused-ring (bicyclic) bond motifs is 7. The Bertz CT molecular complexity index is 3240. The predicted molar refractivity (Wildman–Crippen MR) is 234 cm³/mol. The Labute approximate surface area is 327 Å². The van der Waals surface area contributed by atoms with Gasteiger partial charge < -0.3 is 4.57 Å². The first-order chi connectivity index (χ1) is 27.7. The third kappa shape index (κ3) is 5.48. The van der Waals surface area contributed by atoms with Gasteiger partial charge in [0.05, 0.1) is 11.0 Å². The minimum absolute atomic E-state index is 0.616. The van der Waals surface area contributed by atoms with Gasteiger partial charge in [0.2, 0.25) is 0 Å². The van der Waals surface area contributed by atoms with E-state index in [2.05, 4.69) is 174 Å². The summed E-state index contributed by atoms with van der Waals surface area (Å²) < 4.78 is 5.01. The smallest absolute Gasteiger partial charge is 0.164 e. The van der Waals surface area contributed by atoms with Crippen LogP contribution in [0.3, 0.4) is 0 Å². The molecule has 0 aliphatic carbocycles. The molecule has 0 radical (unpaired) electrons. The molecule has 0 saturated carbocycles. The highest BCUT2D eigenvalue weighted by molar-refractivity contribution is 7.26. The number of benzene rings is 8. The fourth-order valence-electron chi connectivity index (χ4n) is 8.02. The molecule has 0 amide bonds. The molecule has 0 N–H and O–H groups in total. The van der Waals surface area contributed by atoms with Crippen LogP contribution >= 0.6 is 11.3 Å². The highest BCUT2D eigenvalue weighted by Gasteiger charge is 2.20. The van der Waals surface area contributed by atoms with Crippen LogP contribution in [0.5, 0.6) is 0 Å². The van der Waals surface area contributed by atoms with Gasteiger partial charge in [0.15, 0.2) is 17.5 Å². The Balaban J connectivity index is 1.20. The maximum atomic E-state index is 5.27. The van der Waals surface area contributed by atoms with E-state index in [4.69, 9.17) is 15.0 Å².